The smallest absolute Gasteiger partial charge is 0.416 e. The van der Waals surface area contributed by atoms with Gasteiger partial charge in [-0.3, -0.25) is 0 Å². The van der Waals surface area contributed by atoms with Gasteiger partial charge in [0.15, 0.2) is 12.4 Å². The van der Waals surface area contributed by atoms with E-state index < -0.39 is 23.5 Å². The summed E-state index contributed by atoms with van der Waals surface area (Å²) in [6.45, 7) is 4.16. The van der Waals surface area contributed by atoms with Crippen molar-refractivity contribution in [3.05, 3.63) is 117 Å². The molecule has 4 nitrogen and oxygen atoms in total. The van der Waals surface area contributed by atoms with Gasteiger partial charge in [-0.1, -0.05) is 48.0 Å². The van der Waals surface area contributed by atoms with Gasteiger partial charge in [-0.25, -0.2) is 0 Å². The number of hydrogen-bond donors (Lipinski definition) is 0. The minimum absolute atomic E-state index is 0.104. The van der Waals surface area contributed by atoms with Gasteiger partial charge in [0.1, 0.15) is 16.5 Å². The SMILES string of the molecule is Cc1cccc2c1OC[N+](c1cc(C(F)(F)F)cc(C(F)(F)F)c1)=C2.Cc1cccc2c1OC[N+](c1ccccc1Cl)=C2. The number of hydrogen-bond acceptors (Lipinski definition) is 2. The molecule has 4 aromatic carbocycles. The Labute approximate surface area is 248 Å². The molecule has 0 atom stereocenters. The summed E-state index contributed by atoms with van der Waals surface area (Å²) in [5.74, 6) is 1.52. The van der Waals surface area contributed by atoms with Crippen molar-refractivity contribution in [1.29, 1.82) is 0 Å². The summed E-state index contributed by atoms with van der Waals surface area (Å²) >= 11 is 6.20. The van der Waals surface area contributed by atoms with Crippen LogP contribution in [0.15, 0.2) is 78.9 Å². The summed E-state index contributed by atoms with van der Waals surface area (Å²) in [7, 11) is 0. The first kappa shape index (κ1) is 30.2. The van der Waals surface area contributed by atoms with Crippen molar-refractivity contribution < 1.29 is 45.0 Å². The Hall–Kier alpha value is -4.31. The number of aryl methyl sites for hydroxylation is 2. The Kier molecular flexibility index (Phi) is 8.25. The summed E-state index contributed by atoms with van der Waals surface area (Å²) in [6, 6.07) is 20.6. The van der Waals surface area contributed by atoms with Gasteiger partial charge >= 0.3 is 12.4 Å². The van der Waals surface area contributed by atoms with Crippen LogP contribution in [0.1, 0.15) is 33.4 Å². The van der Waals surface area contributed by atoms with E-state index in [1.807, 2.05) is 41.0 Å². The lowest BCUT2D eigenvalue weighted by atomic mass is 10.1. The van der Waals surface area contributed by atoms with Gasteiger partial charge in [0.05, 0.1) is 22.3 Å². The summed E-state index contributed by atoms with van der Waals surface area (Å²) in [6.07, 6.45) is -6.23. The van der Waals surface area contributed by atoms with Gasteiger partial charge in [-0.2, -0.15) is 35.5 Å². The van der Waals surface area contributed by atoms with E-state index in [-0.39, 0.29) is 18.5 Å². The molecule has 0 unspecified atom stereocenters. The van der Waals surface area contributed by atoms with Crippen molar-refractivity contribution in [3.63, 3.8) is 0 Å². The first-order valence-electron chi connectivity index (χ1n) is 13.0. The van der Waals surface area contributed by atoms with E-state index in [9.17, 15) is 26.3 Å². The fourth-order valence-electron chi connectivity index (χ4n) is 4.70. The molecule has 0 bridgehead atoms. The largest absolute Gasteiger partial charge is 0.435 e. The van der Waals surface area contributed by atoms with E-state index in [1.54, 1.807) is 25.1 Å². The third kappa shape index (κ3) is 6.69. The molecule has 11 heteroatoms. The molecule has 2 aliphatic rings. The van der Waals surface area contributed by atoms with E-state index >= 15 is 0 Å². The molecule has 0 spiro atoms. The monoisotopic (exact) mass is 618 g/mol. The Morgan fingerprint density at radius 1 is 0.628 bits per heavy atom. The van der Waals surface area contributed by atoms with Crippen molar-refractivity contribution in [2.45, 2.75) is 26.2 Å². The molecule has 0 radical (unpaired) electrons. The lowest BCUT2D eigenvalue weighted by Gasteiger charge is -2.17. The van der Waals surface area contributed by atoms with Crippen LogP contribution in [0.5, 0.6) is 11.5 Å². The van der Waals surface area contributed by atoms with E-state index in [1.165, 1.54) is 10.8 Å². The number of halogens is 7. The van der Waals surface area contributed by atoms with Crippen LogP contribution in [0.3, 0.4) is 0 Å². The summed E-state index contributed by atoms with van der Waals surface area (Å²) < 4.78 is 92.4. The highest BCUT2D eigenvalue weighted by molar-refractivity contribution is 6.32. The van der Waals surface area contributed by atoms with Crippen molar-refractivity contribution in [3.8, 4) is 11.5 Å². The number of rotatable bonds is 2. The minimum Gasteiger partial charge on any atom is -0.435 e. The molecule has 6 rings (SSSR count). The molecule has 43 heavy (non-hydrogen) atoms. The normalized spacial score (nSPS) is 14.2. The molecule has 0 aromatic heterocycles. The molecule has 222 valence electrons. The van der Waals surface area contributed by atoms with Crippen molar-refractivity contribution in [2.75, 3.05) is 13.5 Å². The second kappa shape index (κ2) is 11.8. The van der Waals surface area contributed by atoms with Gasteiger partial charge in [-0.05, 0) is 49.2 Å². The zero-order valence-corrected chi connectivity index (χ0v) is 23.7. The zero-order valence-electron chi connectivity index (χ0n) is 22.9. The minimum atomic E-state index is -4.89. The second-order valence-electron chi connectivity index (χ2n) is 9.95. The zero-order chi connectivity index (χ0) is 30.9. The third-order valence-corrected chi connectivity index (χ3v) is 7.16. The number of para-hydroxylation sites is 3. The number of benzene rings is 4. The summed E-state index contributed by atoms with van der Waals surface area (Å²) in [5.41, 5.74) is 1.65. The van der Waals surface area contributed by atoms with Crippen LogP contribution in [-0.4, -0.2) is 35.0 Å². The Balaban J connectivity index is 0.000000180. The molecular weight excluding hydrogens is 594 g/mol. The predicted molar refractivity (Wildman–Crippen MR) is 151 cm³/mol. The topological polar surface area (TPSA) is 24.5 Å². The van der Waals surface area contributed by atoms with Crippen LogP contribution in [0.25, 0.3) is 0 Å². The maximum Gasteiger partial charge on any atom is 0.416 e. The third-order valence-electron chi connectivity index (χ3n) is 6.84. The lowest BCUT2D eigenvalue weighted by molar-refractivity contribution is -0.476. The summed E-state index contributed by atoms with van der Waals surface area (Å²) in [4.78, 5) is 0. The van der Waals surface area contributed by atoms with Crippen molar-refractivity contribution in [2.24, 2.45) is 0 Å². The van der Waals surface area contributed by atoms with Crippen LogP contribution in [0.2, 0.25) is 5.02 Å². The lowest BCUT2D eigenvalue weighted by Crippen LogP contribution is -2.22. The molecular formula is C32H25ClF6N2O2+2. The molecule has 0 aliphatic carbocycles. The van der Waals surface area contributed by atoms with Crippen LogP contribution < -0.4 is 9.47 Å². The van der Waals surface area contributed by atoms with Crippen LogP contribution in [0.4, 0.5) is 37.7 Å². The molecule has 2 heterocycles. The van der Waals surface area contributed by atoms with Gasteiger partial charge in [0, 0.05) is 18.2 Å². The van der Waals surface area contributed by atoms with E-state index in [2.05, 4.69) is 19.2 Å². The number of alkyl halides is 6. The molecule has 0 N–H and O–H groups in total. The number of fused-ring (bicyclic) bond motifs is 2. The van der Waals surface area contributed by atoms with Gasteiger partial charge in [0.2, 0.25) is 11.4 Å². The Bertz CT molecular complexity index is 1710. The maximum atomic E-state index is 13.0. The highest BCUT2D eigenvalue weighted by Gasteiger charge is 2.38. The highest BCUT2D eigenvalue weighted by Crippen LogP contribution is 2.39. The first-order valence-corrected chi connectivity index (χ1v) is 13.4. The van der Waals surface area contributed by atoms with Crippen molar-refractivity contribution >= 4 is 35.4 Å². The fourth-order valence-corrected chi connectivity index (χ4v) is 4.95. The Morgan fingerprint density at radius 3 is 1.63 bits per heavy atom. The molecule has 0 fully saturated rings. The van der Waals surface area contributed by atoms with Crippen molar-refractivity contribution in [1.82, 2.24) is 0 Å². The van der Waals surface area contributed by atoms with E-state index in [0.717, 1.165) is 33.1 Å². The standard InChI is InChI=1S/C17H12F6NO.C15H13ClNO/c1-10-3-2-4-11-8-24(9-25-15(10)11)14-6-12(16(18,19)20)5-13(7-14)17(21,22)23;1-11-5-4-6-12-9-17(10-18-15(11)12)14-8-3-2-7-13(14)16/h2-8H,9H2,1H3;2-9H,10H2,1H3/q2*+1. The van der Waals surface area contributed by atoms with Crippen LogP contribution in [0, 0.1) is 13.8 Å². The van der Waals surface area contributed by atoms with Gasteiger partial charge in [-0.15, -0.1) is 0 Å². The predicted octanol–water partition coefficient (Wildman–Crippen LogP) is 8.91. The molecule has 0 saturated heterocycles. The first-order chi connectivity index (χ1) is 20.3. The average molecular weight is 619 g/mol. The number of nitrogens with zero attached hydrogens (tertiary/aromatic N) is 2. The molecule has 0 amide bonds. The van der Waals surface area contributed by atoms with Gasteiger partial charge < -0.3 is 9.47 Å². The molecule has 0 saturated carbocycles. The second-order valence-corrected chi connectivity index (χ2v) is 10.4. The number of ether oxygens (including phenoxy) is 2. The van der Waals surface area contributed by atoms with E-state index in [0.29, 0.717) is 30.2 Å². The fraction of sp³-hybridized carbons (Fsp3) is 0.188. The van der Waals surface area contributed by atoms with Crippen LogP contribution in [-0.2, 0) is 12.4 Å². The molecule has 2 aliphatic heterocycles. The van der Waals surface area contributed by atoms with Gasteiger partial charge in [0.25, 0.3) is 13.5 Å². The van der Waals surface area contributed by atoms with E-state index in [4.69, 9.17) is 21.1 Å². The highest BCUT2D eigenvalue weighted by atomic mass is 35.5. The maximum absolute atomic E-state index is 13.0. The Morgan fingerprint density at radius 2 is 1.12 bits per heavy atom. The summed E-state index contributed by atoms with van der Waals surface area (Å²) in [5, 5.41) is 0.730. The quantitative estimate of drug-likeness (QED) is 0.166. The molecule has 4 aromatic rings. The average Bonchev–Trinajstić information content (AvgIpc) is 2.96. The van der Waals surface area contributed by atoms with Crippen LogP contribution >= 0.6 is 11.6 Å².